The van der Waals surface area contributed by atoms with E-state index in [0.29, 0.717) is 35.5 Å². The van der Waals surface area contributed by atoms with Crippen molar-refractivity contribution in [1.29, 1.82) is 0 Å². The number of hydrogen-bond acceptors (Lipinski definition) is 9. The second-order valence-corrected chi connectivity index (χ2v) is 8.52. The summed E-state index contributed by atoms with van der Waals surface area (Å²) >= 11 is 0. The quantitative estimate of drug-likeness (QED) is 0.498. The van der Waals surface area contributed by atoms with Gasteiger partial charge in [-0.2, -0.15) is 9.97 Å². The van der Waals surface area contributed by atoms with Crippen LogP contribution in [0.1, 0.15) is 31.7 Å². The first kappa shape index (κ1) is 21.0. The van der Waals surface area contributed by atoms with Gasteiger partial charge in [-0.05, 0) is 31.9 Å². The molecule has 4 atom stereocenters. The summed E-state index contributed by atoms with van der Waals surface area (Å²) in [4.78, 5) is 20.1. The summed E-state index contributed by atoms with van der Waals surface area (Å²) in [6.07, 6.45) is 1.58. The normalized spacial score (nSPS) is 27.7. The molecule has 0 unspecified atom stereocenters. The van der Waals surface area contributed by atoms with Crippen LogP contribution in [0.3, 0.4) is 0 Å². The van der Waals surface area contributed by atoms with E-state index in [2.05, 4.69) is 30.2 Å². The molecule has 0 bridgehead atoms. The van der Waals surface area contributed by atoms with Gasteiger partial charge in [-0.1, -0.05) is 6.07 Å². The molecular weight excluding hydrogens is 417 g/mol. The number of nitrogens with one attached hydrogen (secondary N) is 1. The van der Waals surface area contributed by atoms with Crippen molar-refractivity contribution in [2.24, 2.45) is 0 Å². The standard InChI is InChI=1S/C21H26FN7O3/c1-21(22)16(31)14(10-30)32-19(21)29-11-25-15-17(28(2)13-6-7-13)26-20(27-18(15)29)24-9-12-5-3-4-8-23-12/h3-5,8,11,13-14,16,19,30-31H,6-7,9-10H2,1-2H3,(H,24,26,27)/t14-,16-,19-,21-/m1/s1. The Morgan fingerprint density at radius 2 is 2.12 bits per heavy atom. The molecule has 11 heteroatoms. The molecule has 10 nitrogen and oxygen atoms in total. The van der Waals surface area contributed by atoms with Crippen LogP contribution in [0.25, 0.3) is 11.2 Å². The van der Waals surface area contributed by atoms with Crippen LogP contribution in [0, 0.1) is 0 Å². The largest absolute Gasteiger partial charge is 0.394 e. The Labute approximate surface area is 184 Å². The van der Waals surface area contributed by atoms with Gasteiger partial charge in [0, 0.05) is 19.3 Å². The number of ether oxygens (including phenoxy) is 1. The summed E-state index contributed by atoms with van der Waals surface area (Å²) in [6.45, 7) is 1.17. The number of anilines is 2. The lowest BCUT2D eigenvalue weighted by atomic mass is 9.98. The van der Waals surface area contributed by atoms with Crippen molar-refractivity contribution in [2.75, 3.05) is 23.9 Å². The lowest BCUT2D eigenvalue weighted by Crippen LogP contribution is -2.40. The Hall–Kier alpha value is -2.89. The van der Waals surface area contributed by atoms with Crippen molar-refractivity contribution in [1.82, 2.24) is 24.5 Å². The maximum absolute atomic E-state index is 15.5. The van der Waals surface area contributed by atoms with Crippen LogP contribution < -0.4 is 10.2 Å². The fourth-order valence-electron chi connectivity index (χ4n) is 4.07. The van der Waals surface area contributed by atoms with Crippen LogP contribution >= 0.6 is 0 Å². The SMILES string of the molecule is CN(c1nc(NCc2ccccn2)nc2c1ncn2[C@@H]1O[C@H](CO)[C@@H](O)[C@@]1(C)F)C1CC1. The molecule has 2 fully saturated rings. The minimum absolute atomic E-state index is 0.352. The Morgan fingerprint density at radius 3 is 2.78 bits per heavy atom. The van der Waals surface area contributed by atoms with E-state index in [1.54, 1.807) is 6.20 Å². The third-order valence-corrected chi connectivity index (χ3v) is 6.14. The summed E-state index contributed by atoms with van der Waals surface area (Å²) in [7, 11) is 1.96. The smallest absolute Gasteiger partial charge is 0.227 e. The number of imidazole rings is 1. The number of pyridine rings is 1. The number of aliphatic hydroxyl groups is 2. The average Bonchev–Trinajstić information content (AvgIpc) is 3.53. The van der Waals surface area contributed by atoms with E-state index in [0.717, 1.165) is 18.5 Å². The zero-order chi connectivity index (χ0) is 22.5. The highest BCUT2D eigenvalue weighted by atomic mass is 19.1. The molecule has 5 rings (SSSR count). The molecule has 0 amide bonds. The molecule has 0 spiro atoms. The van der Waals surface area contributed by atoms with Gasteiger partial charge in [0.15, 0.2) is 28.9 Å². The van der Waals surface area contributed by atoms with Crippen LogP contribution in [0.15, 0.2) is 30.7 Å². The summed E-state index contributed by atoms with van der Waals surface area (Å²) < 4.78 is 22.6. The van der Waals surface area contributed by atoms with Crippen LogP contribution in [0.4, 0.5) is 16.2 Å². The zero-order valence-corrected chi connectivity index (χ0v) is 17.9. The van der Waals surface area contributed by atoms with E-state index < -0.39 is 30.7 Å². The number of halogens is 1. The molecule has 4 heterocycles. The highest BCUT2D eigenvalue weighted by Gasteiger charge is 2.55. The van der Waals surface area contributed by atoms with Gasteiger partial charge in [0.05, 0.1) is 25.2 Å². The van der Waals surface area contributed by atoms with E-state index in [-0.39, 0.29) is 0 Å². The summed E-state index contributed by atoms with van der Waals surface area (Å²) in [6, 6.07) is 6.01. The van der Waals surface area contributed by atoms with Gasteiger partial charge < -0.3 is 25.2 Å². The van der Waals surface area contributed by atoms with Gasteiger partial charge in [0.2, 0.25) is 5.95 Å². The number of rotatable bonds is 7. The Kier molecular flexibility index (Phi) is 5.19. The van der Waals surface area contributed by atoms with Crippen LogP contribution in [0.5, 0.6) is 0 Å². The summed E-state index contributed by atoms with van der Waals surface area (Å²) in [5.74, 6) is 0.989. The van der Waals surface area contributed by atoms with Gasteiger partial charge in [0.25, 0.3) is 0 Å². The van der Waals surface area contributed by atoms with Crippen molar-refractivity contribution in [3.05, 3.63) is 36.4 Å². The molecule has 1 aliphatic heterocycles. The molecule has 170 valence electrons. The van der Waals surface area contributed by atoms with Crippen LogP contribution in [-0.4, -0.2) is 72.3 Å². The maximum atomic E-state index is 15.5. The first-order chi connectivity index (χ1) is 15.4. The van der Waals surface area contributed by atoms with Crippen molar-refractivity contribution in [2.45, 2.75) is 56.5 Å². The molecule has 1 saturated heterocycles. The number of aliphatic hydroxyl groups excluding tert-OH is 2. The molecule has 3 aromatic rings. The molecule has 2 aliphatic rings. The number of fused-ring (bicyclic) bond motifs is 1. The van der Waals surface area contributed by atoms with E-state index in [1.165, 1.54) is 17.8 Å². The number of alkyl halides is 1. The number of nitrogens with zero attached hydrogens (tertiary/aromatic N) is 6. The average molecular weight is 443 g/mol. The van der Waals surface area contributed by atoms with Gasteiger partial charge in [0.1, 0.15) is 12.2 Å². The van der Waals surface area contributed by atoms with E-state index >= 15 is 4.39 Å². The first-order valence-corrected chi connectivity index (χ1v) is 10.6. The Balaban J connectivity index is 1.55. The Morgan fingerprint density at radius 1 is 1.31 bits per heavy atom. The van der Waals surface area contributed by atoms with Gasteiger partial charge in [-0.25, -0.2) is 9.37 Å². The number of hydrogen-bond donors (Lipinski definition) is 3. The maximum Gasteiger partial charge on any atom is 0.227 e. The van der Waals surface area contributed by atoms with Gasteiger partial charge >= 0.3 is 0 Å². The van der Waals surface area contributed by atoms with Gasteiger partial charge in [-0.3, -0.25) is 9.55 Å². The fraction of sp³-hybridized carbons (Fsp3) is 0.524. The minimum Gasteiger partial charge on any atom is -0.394 e. The Bertz CT molecular complexity index is 1110. The predicted molar refractivity (Wildman–Crippen MR) is 115 cm³/mol. The van der Waals surface area contributed by atoms with E-state index in [4.69, 9.17) is 4.74 Å². The molecule has 1 saturated carbocycles. The van der Waals surface area contributed by atoms with E-state index in [1.807, 2.05) is 25.2 Å². The second kappa shape index (κ2) is 7.91. The molecule has 3 aromatic heterocycles. The highest BCUT2D eigenvalue weighted by Crippen LogP contribution is 2.43. The van der Waals surface area contributed by atoms with Crippen molar-refractivity contribution < 1.29 is 19.3 Å². The lowest BCUT2D eigenvalue weighted by Gasteiger charge is -2.25. The third kappa shape index (κ3) is 3.55. The molecule has 3 N–H and O–H groups in total. The molecular formula is C21H26FN7O3. The van der Waals surface area contributed by atoms with Crippen LogP contribution in [0.2, 0.25) is 0 Å². The molecule has 32 heavy (non-hydrogen) atoms. The topological polar surface area (TPSA) is 121 Å². The third-order valence-electron chi connectivity index (χ3n) is 6.14. The van der Waals surface area contributed by atoms with Crippen molar-refractivity contribution in [3.63, 3.8) is 0 Å². The van der Waals surface area contributed by atoms with Crippen molar-refractivity contribution in [3.8, 4) is 0 Å². The fourth-order valence-corrected chi connectivity index (χ4v) is 4.07. The second-order valence-electron chi connectivity index (χ2n) is 8.52. The van der Waals surface area contributed by atoms with Crippen molar-refractivity contribution >= 4 is 22.9 Å². The molecule has 0 radical (unpaired) electrons. The predicted octanol–water partition coefficient (Wildman–Crippen LogP) is 1.41. The monoisotopic (exact) mass is 443 g/mol. The van der Waals surface area contributed by atoms with E-state index in [9.17, 15) is 10.2 Å². The lowest BCUT2D eigenvalue weighted by molar-refractivity contribution is -0.0566. The summed E-state index contributed by atoms with van der Waals surface area (Å²) in [5.41, 5.74) is -0.420. The minimum atomic E-state index is -2.14. The highest BCUT2D eigenvalue weighted by molar-refractivity contribution is 5.85. The number of aromatic nitrogens is 5. The molecule has 1 aliphatic carbocycles. The van der Waals surface area contributed by atoms with Gasteiger partial charge in [-0.15, -0.1) is 0 Å². The first-order valence-electron chi connectivity index (χ1n) is 10.6. The zero-order valence-electron chi connectivity index (χ0n) is 17.9. The van der Waals surface area contributed by atoms with Crippen LogP contribution in [-0.2, 0) is 11.3 Å². The summed E-state index contributed by atoms with van der Waals surface area (Å²) in [5, 5.41) is 23.0. The molecule has 0 aromatic carbocycles.